The first kappa shape index (κ1) is 31.4. The third kappa shape index (κ3) is 6.56. The highest BCUT2D eigenvalue weighted by Crippen LogP contribution is 2.43. The molecule has 10 nitrogen and oxygen atoms in total. The predicted octanol–water partition coefficient (Wildman–Crippen LogP) is 5.55. The number of nitrogens with zero attached hydrogens (tertiary/aromatic N) is 3. The Morgan fingerprint density at radius 3 is 2.51 bits per heavy atom. The minimum Gasteiger partial charge on any atom is -0.497 e. The van der Waals surface area contributed by atoms with Crippen LogP contribution in [0.25, 0.3) is 11.0 Å². The van der Waals surface area contributed by atoms with E-state index in [0.29, 0.717) is 36.9 Å². The molecule has 2 amide bonds. The Bertz CT molecular complexity index is 1420. The second kappa shape index (κ2) is 13.0. The van der Waals surface area contributed by atoms with Crippen LogP contribution in [-0.2, 0) is 20.2 Å². The standard InChI is InChI=1S/C33H42F2N4O6/c1-3-22-25(18-40)39-17-27(22)44-30-29(36-23-13-12-21(43-2)16-24(23)37-30)33(34,35)14-8-7-11-20-15-26(20)45-32(42)38-28(31(39)41)19-9-5-4-6-10-19/h12-13,16,18-20,22,25-28H,3-11,14-15,17H2,1-2H3,(H,38,42)/t20-,22+,25-,26-,27+,28+/m1/s1. The van der Waals surface area contributed by atoms with Gasteiger partial charge < -0.3 is 29.2 Å². The Balaban J connectivity index is 1.39. The summed E-state index contributed by atoms with van der Waals surface area (Å²) >= 11 is 0. The van der Waals surface area contributed by atoms with Gasteiger partial charge in [0.25, 0.3) is 5.92 Å². The zero-order chi connectivity index (χ0) is 31.7. The van der Waals surface area contributed by atoms with Gasteiger partial charge in [-0.1, -0.05) is 32.6 Å². The SMILES string of the molecule is CC[C@@H]1[C@@H]2CN(C(=O)[C@H](C3CCCCC3)NC(=O)O[C@@H]3C[C@H]3CCCCC(F)(F)c3nc4ccc(OC)cc4nc3O2)[C@@H]1C=O. The molecule has 2 aromatic rings. The number of methoxy groups -OCH3 is 1. The maximum Gasteiger partial charge on any atom is 0.408 e. The molecule has 6 atom stereocenters. The number of alkyl carbamates (subject to hydrolysis) is 1. The Hall–Kier alpha value is -3.57. The third-order valence-corrected chi connectivity index (χ3v) is 10.1. The molecule has 45 heavy (non-hydrogen) atoms. The number of fused-ring (bicyclic) bond motifs is 5. The molecular weight excluding hydrogens is 586 g/mol. The van der Waals surface area contributed by atoms with Gasteiger partial charge >= 0.3 is 6.09 Å². The first-order chi connectivity index (χ1) is 21.7. The fourth-order valence-corrected chi connectivity index (χ4v) is 7.42. The van der Waals surface area contributed by atoms with Crippen molar-refractivity contribution < 1.29 is 37.4 Å². The number of hydrogen-bond donors (Lipinski definition) is 1. The van der Waals surface area contributed by atoms with E-state index < -0.39 is 48.2 Å². The van der Waals surface area contributed by atoms with Crippen LogP contribution in [0.15, 0.2) is 18.2 Å². The van der Waals surface area contributed by atoms with E-state index in [-0.39, 0.29) is 48.2 Å². The number of alkyl halides is 2. The lowest BCUT2D eigenvalue weighted by molar-refractivity contribution is -0.138. The summed E-state index contributed by atoms with van der Waals surface area (Å²) in [7, 11) is 1.50. The Labute approximate surface area is 261 Å². The molecule has 12 heteroatoms. The second-order valence-electron chi connectivity index (χ2n) is 13.0. The van der Waals surface area contributed by atoms with Gasteiger partial charge in [-0.2, -0.15) is 8.78 Å². The first-order valence-electron chi connectivity index (χ1n) is 16.4. The van der Waals surface area contributed by atoms with Crippen molar-refractivity contribution in [2.75, 3.05) is 13.7 Å². The van der Waals surface area contributed by atoms with Crippen molar-refractivity contribution in [2.45, 2.75) is 108 Å². The Morgan fingerprint density at radius 2 is 1.78 bits per heavy atom. The van der Waals surface area contributed by atoms with Crippen LogP contribution in [0.4, 0.5) is 13.6 Å². The maximum atomic E-state index is 15.9. The summed E-state index contributed by atoms with van der Waals surface area (Å²) in [4.78, 5) is 50.1. The number of nitrogens with one attached hydrogen (secondary N) is 1. The van der Waals surface area contributed by atoms with Crippen molar-refractivity contribution in [2.24, 2.45) is 17.8 Å². The largest absolute Gasteiger partial charge is 0.497 e. The normalized spacial score (nSPS) is 31.0. The van der Waals surface area contributed by atoms with Gasteiger partial charge in [-0.25, -0.2) is 14.8 Å². The highest BCUT2D eigenvalue weighted by molar-refractivity contribution is 5.88. The number of carbonyl (C=O) groups excluding carboxylic acids is 3. The molecule has 4 aliphatic rings. The molecule has 244 valence electrons. The minimum absolute atomic E-state index is 0.0196. The van der Waals surface area contributed by atoms with Crippen LogP contribution in [0.3, 0.4) is 0 Å². The zero-order valence-corrected chi connectivity index (χ0v) is 25.9. The zero-order valence-electron chi connectivity index (χ0n) is 25.9. The average molecular weight is 629 g/mol. The number of aromatic nitrogens is 2. The molecule has 1 N–H and O–H groups in total. The van der Waals surface area contributed by atoms with E-state index in [0.717, 1.165) is 38.4 Å². The van der Waals surface area contributed by atoms with E-state index in [1.54, 1.807) is 18.2 Å². The van der Waals surface area contributed by atoms with Crippen molar-refractivity contribution in [3.05, 3.63) is 23.9 Å². The topological polar surface area (TPSA) is 120 Å². The summed E-state index contributed by atoms with van der Waals surface area (Å²) in [6.45, 7) is 1.85. The van der Waals surface area contributed by atoms with Crippen molar-refractivity contribution in [1.29, 1.82) is 0 Å². The first-order valence-corrected chi connectivity index (χ1v) is 16.4. The van der Waals surface area contributed by atoms with Crippen molar-refractivity contribution >= 4 is 29.3 Å². The molecule has 0 radical (unpaired) electrons. The number of aldehydes is 1. The smallest absolute Gasteiger partial charge is 0.408 e. The lowest BCUT2D eigenvalue weighted by atomic mass is 9.83. The second-order valence-corrected chi connectivity index (χ2v) is 13.0. The number of amides is 2. The number of benzene rings is 1. The van der Waals surface area contributed by atoms with Gasteiger partial charge in [0.2, 0.25) is 11.8 Å². The molecule has 6 rings (SSSR count). The van der Waals surface area contributed by atoms with Crippen molar-refractivity contribution in [3.63, 3.8) is 0 Å². The van der Waals surface area contributed by atoms with Crippen LogP contribution in [0, 0.1) is 17.8 Å². The average Bonchev–Trinajstić information content (AvgIpc) is 3.68. The van der Waals surface area contributed by atoms with Gasteiger partial charge in [-0.3, -0.25) is 4.79 Å². The summed E-state index contributed by atoms with van der Waals surface area (Å²) in [5.41, 5.74) is 0.0605. The molecule has 1 aromatic heterocycles. The van der Waals surface area contributed by atoms with E-state index in [4.69, 9.17) is 14.2 Å². The molecule has 0 spiro atoms. The van der Waals surface area contributed by atoms with Gasteiger partial charge in [0.1, 0.15) is 30.3 Å². The number of ether oxygens (including phenoxy) is 3. The van der Waals surface area contributed by atoms with Crippen LogP contribution < -0.4 is 14.8 Å². The van der Waals surface area contributed by atoms with Crippen LogP contribution in [-0.4, -0.2) is 71.1 Å². The predicted molar refractivity (Wildman–Crippen MR) is 160 cm³/mol. The molecule has 3 fully saturated rings. The molecule has 1 aromatic carbocycles. The molecular formula is C33H42F2N4O6. The monoisotopic (exact) mass is 628 g/mol. The Kier molecular flexibility index (Phi) is 9.10. The lowest BCUT2D eigenvalue weighted by Gasteiger charge is -2.34. The molecule has 2 aliphatic heterocycles. The van der Waals surface area contributed by atoms with E-state index in [1.807, 2.05) is 6.92 Å². The molecule has 2 aliphatic carbocycles. The number of halogens is 2. The van der Waals surface area contributed by atoms with Crippen LogP contribution >= 0.6 is 0 Å². The molecule has 2 saturated carbocycles. The van der Waals surface area contributed by atoms with Gasteiger partial charge in [-0.05, 0) is 62.5 Å². The summed E-state index contributed by atoms with van der Waals surface area (Å²) in [6, 6.07) is 3.12. The number of rotatable bonds is 4. The number of hydrogen-bond acceptors (Lipinski definition) is 8. The highest BCUT2D eigenvalue weighted by Gasteiger charge is 2.49. The van der Waals surface area contributed by atoms with Crippen LogP contribution in [0.5, 0.6) is 11.6 Å². The fourth-order valence-electron chi connectivity index (χ4n) is 7.42. The summed E-state index contributed by atoms with van der Waals surface area (Å²) < 4.78 is 49.2. The maximum absolute atomic E-state index is 15.9. The van der Waals surface area contributed by atoms with Crippen LogP contribution in [0.1, 0.15) is 83.2 Å². The van der Waals surface area contributed by atoms with E-state index in [2.05, 4.69) is 15.3 Å². The summed E-state index contributed by atoms with van der Waals surface area (Å²) in [5.74, 6) is -4.02. The van der Waals surface area contributed by atoms with Gasteiger partial charge in [0.15, 0.2) is 5.69 Å². The van der Waals surface area contributed by atoms with Gasteiger partial charge in [0, 0.05) is 18.4 Å². The van der Waals surface area contributed by atoms with Crippen molar-refractivity contribution in [1.82, 2.24) is 20.2 Å². The van der Waals surface area contributed by atoms with Gasteiger partial charge in [-0.15, -0.1) is 0 Å². The van der Waals surface area contributed by atoms with E-state index in [1.165, 1.54) is 12.0 Å². The minimum atomic E-state index is -3.34. The third-order valence-electron chi connectivity index (χ3n) is 10.1. The Morgan fingerprint density at radius 1 is 1.02 bits per heavy atom. The fraction of sp³-hybridized carbons (Fsp3) is 0.667. The molecule has 1 saturated heterocycles. The highest BCUT2D eigenvalue weighted by atomic mass is 19.3. The molecule has 3 heterocycles. The lowest BCUT2D eigenvalue weighted by Crippen LogP contribution is -2.54. The summed E-state index contributed by atoms with van der Waals surface area (Å²) in [5, 5.41) is 2.87. The number of carbonyl (C=O) groups is 3. The van der Waals surface area contributed by atoms with Crippen LogP contribution in [0.2, 0.25) is 0 Å². The molecule has 2 bridgehead atoms. The van der Waals surface area contributed by atoms with Gasteiger partial charge in [0.05, 0.1) is 30.7 Å². The summed E-state index contributed by atoms with van der Waals surface area (Å²) in [6.07, 6.45) is 5.57. The quantitative estimate of drug-likeness (QED) is 0.438. The van der Waals surface area contributed by atoms with E-state index in [9.17, 15) is 14.4 Å². The van der Waals surface area contributed by atoms with Crippen molar-refractivity contribution in [3.8, 4) is 11.6 Å². The van der Waals surface area contributed by atoms with E-state index >= 15 is 8.78 Å². The molecule has 0 unspecified atom stereocenters.